The predicted octanol–water partition coefficient (Wildman–Crippen LogP) is 0.992. The second kappa shape index (κ2) is 7.27. The van der Waals surface area contributed by atoms with Crippen molar-refractivity contribution in [3.05, 3.63) is 0 Å². The molecule has 0 fully saturated rings. The molecule has 0 aliphatic rings. The van der Waals surface area contributed by atoms with Gasteiger partial charge in [0.1, 0.15) is 0 Å². The molecule has 0 aromatic rings. The number of carbonyl (C=O) groups is 2. The van der Waals surface area contributed by atoms with E-state index in [9.17, 15) is 9.59 Å². The Labute approximate surface area is 103 Å². The average molecular weight is 244 g/mol. The molecule has 0 saturated heterocycles. The van der Waals surface area contributed by atoms with E-state index in [1.165, 1.54) is 0 Å². The lowest BCUT2D eigenvalue weighted by Gasteiger charge is -2.20. The molecule has 0 radical (unpaired) electrons. The molecule has 0 rings (SSSR count). The summed E-state index contributed by atoms with van der Waals surface area (Å²) in [7, 11) is 0. The van der Waals surface area contributed by atoms with Crippen molar-refractivity contribution in [2.24, 2.45) is 5.92 Å². The Hall–Kier alpha value is -1.10. The summed E-state index contributed by atoms with van der Waals surface area (Å²) in [6.45, 7) is 8.81. The summed E-state index contributed by atoms with van der Waals surface area (Å²) in [5.41, 5.74) is 0.0120. The van der Waals surface area contributed by atoms with Gasteiger partial charge in [-0.15, -0.1) is 0 Å². The summed E-state index contributed by atoms with van der Waals surface area (Å²) < 4.78 is 0. The van der Waals surface area contributed by atoms with Gasteiger partial charge in [-0.05, 0) is 27.2 Å². The highest BCUT2D eigenvalue weighted by atomic mass is 16.4. The van der Waals surface area contributed by atoms with E-state index in [2.05, 4.69) is 10.6 Å². The molecule has 5 nitrogen and oxygen atoms in total. The molecular formula is C12H24N2O3. The van der Waals surface area contributed by atoms with Crippen LogP contribution in [-0.2, 0) is 9.59 Å². The van der Waals surface area contributed by atoms with Crippen molar-refractivity contribution in [3.8, 4) is 0 Å². The van der Waals surface area contributed by atoms with E-state index in [0.717, 1.165) is 0 Å². The zero-order chi connectivity index (χ0) is 13.5. The van der Waals surface area contributed by atoms with Gasteiger partial charge < -0.3 is 15.7 Å². The van der Waals surface area contributed by atoms with Gasteiger partial charge in [0.2, 0.25) is 5.91 Å². The van der Waals surface area contributed by atoms with Gasteiger partial charge in [-0.25, -0.2) is 0 Å². The van der Waals surface area contributed by atoms with Gasteiger partial charge >= 0.3 is 5.97 Å². The second-order valence-electron chi connectivity index (χ2n) is 5.30. The first-order chi connectivity index (χ1) is 7.72. The minimum atomic E-state index is -0.825. The number of nitrogens with one attached hydrogen (secondary N) is 2. The summed E-state index contributed by atoms with van der Waals surface area (Å²) in [5, 5.41) is 14.6. The molecule has 0 heterocycles. The van der Waals surface area contributed by atoms with E-state index in [-0.39, 0.29) is 11.4 Å². The molecule has 1 unspecified atom stereocenters. The van der Waals surface area contributed by atoms with Crippen molar-refractivity contribution < 1.29 is 14.7 Å². The Balaban J connectivity index is 3.57. The Morgan fingerprint density at radius 1 is 1.24 bits per heavy atom. The van der Waals surface area contributed by atoms with Gasteiger partial charge in [0.05, 0.1) is 5.92 Å². The first kappa shape index (κ1) is 15.9. The van der Waals surface area contributed by atoms with Crippen LogP contribution in [0.3, 0.4) is 0 Å². The Morgan fingerprint density at radius 3 is 2.29 bits per heavy atom. The monoisotopic (exact) mass is 244 g/mol. The first-order valence-electron chi connectivity index (χ1n) is 5.97. The number of amides is 1. The summed E-state index contributed by atoms with van der Waals surface area (Å²) in [4.78, 5) is 21.9. The van der Waals surface area contributed by atoms with Crippen molar-refractivity contribution in [1.29, 1.82) is 0 Å². The lowest BCUT2D eigenvalue weighted by atomic mass is 10.1. The third-order valence-electron chi connectivity index (χ3n) is 2.33. The van der Waals surface area contributed by atoms with Crippen LogP contribution in [0.25, 0.3) is 0 Å². The third-order valence-corrected chi connectivity index (χ3v) is 2.33. The van der Waals surface area contributed by atoms with Crippen LogP contribution in [0.1, 0.15) is 40.5 Å². The van der Waals surface area contributed by atoms with Crippen molar-refractivity contribution in [2.75, 3.05) is 13.1 Å². The summed E-state index contributed by atoms with van der Waals surface area (Å²) in [6.07, 6.45) is 0.881. The maximum Gasteiger partial charge on any atom is 0.306 e. The molecule has 1 atom stereocenters. The van der Waals surface area contributed by atoms with Gasteiger partial charge in [-0.1, -0.05) is 6.92 Å². The number of carboxylic acids is 1. The Morgan fingerprint density at radius 2 is 1.82 bits per heavy atom. The number of carboxylic acid groups (broad SMARTS) is 1. The first-order valence-corrected chi connectivity index (χ1v) is 5.97. The van der Waals surface area contributed by atoms with Crippen LogP contribution >= 0.6 is 0 Å². The van der Waals surface area contributed by atoms with Gasteiger partial charge in [-0.3, -0.25) is 9.59 Å². The number of rotatable bonds is 7. The van der Waals surface area contributed by atoms with Gasteiger partial charge in [0, 0.05) is 25.0 Å². The molecular weight excluding hydrogens is 220 g/mol. The fourth-order valence-electron chi connectivity index (χ4n) is 1.19. The molecule has 0 aliphatic heterocycles. The van der Waals surface area contributed by atoms with Crippen LogP contribution in [0.15, 0.2) is 0 Å². The Kier molecular flexibility index (Phi) is 6.80. The molecule has 0 bridgehead atoms. The van der Waals surface area contributed by atoms with E-state index in [1.54, 1.807) is 6.92 Å². The second-order valence-corrected chi connectivity index (χ2v) is 5.30. The van der Waals surface area contributed by atoms with E-state index < -0.39 is 11.9 Å². The fourth-order valence-corrected chi connectivity index (χ4v) is 1.19. The highest BCUT2D eigenvalue weighted by Gasteiger charge is 2.12. The minimum absolute atomic E-state index is 0.0120. The van der Waals surface area contributed by atoms with Gasteiger partial charge in [0.25, 0.3) is 0 Å². The number of aliphatic carboxylic acids is 1. The standard InChI is InChI=1S/C12H24N2O3/c1-9(11(16)17)5-7-13-10(15)6-8-14-12(2,3)4/h9,14H,5-8H2,1-4H3,(H,13,15)(H,16,17). The molecule has 17 heavy (non-hydrogen) atoms. The number of hydrogen-bond acceptors (Lipinski definition) is 3. The summed E-state index contributed by atoms with van der Waals surface area (Å²) in [6, 6.07) is 0. The van der Waals surface area contributed by atoms with Crippen molar-refractivity contribution in [1.82, 2.24) is 10.6 Å². The molecule has 1 amide bonds. The van der Waals surface area contributed by atoms with Gasteiger partial charge in [-0.2, -0.15) is 0 Å². The smallest absolute Gasteiger partial charge is 0.306 e. The largest absolute Gasteiger partial charge is 0.481 e. The molecule has 3 N–H and O–H groups in total. The summed E-state index contributed by atoms with van der Waals surface area (Å²) in [5.74, 6) is -1.28. The Bertz CT molecular complexity index is 259. The van der Waals surface area contributed by atoms with Gasteiger partial charge in [0.15, 0.2) is 0 Å². The van der Waals surface area contributed by atoms with Crippen molar-refractivity contribution >= 4 is 11.9 Å². The SMILES string of the molecule is CC(CCNC(=O)CCNC(C)(C)C)C(=O)O. The average Bonchev–Trinajstić information content (AvgIpc) is 2.15. The van der Waals surface area contributed by atoms with Crippen molar-refractivity contribution in [3.63, 3.8) is 0 Å². The van der Waals surface area contributed by atoms with Crippen LogP contribution in [0, 0.1) is 5.92 Å². The highest BCUT2D eigenvalue weighted by molar-refractivity contribution is 5.76. The zero-order valence-corrected chi connectivity index (χ0v) is 11.2. The highest BCUT2D eigenvalue weighted by Crippen LogP contribution is 2.00. The zero-order valence-electron chi connectivity index (χ0n) is 11.2. The van der Waals surface area contributed by atoms with Crippen molar-refractivity contribution in [2.45, 2.75) is 46.1 Å². The maximum atomic E-state index is 11.4. The van der Waals surface area contributed by atoms with Crippen LogP contribution in [0.2, 0.25) is 0 Å². The molecule has 0 saturated carbocycles. The molecule has 0 aromatic carbocycles. The molecule has 0 aromatic heterocycles. The predicted molar refractivity (Wildman–Crippen MR) is 66.8 cm³/mol. The van der Waals surface area contributed by atoms with E-state index >= 15 is 0 Å². The minimum Gasteiger partial charge on any atom is -0.481 e. The third kappa shape index (κ3) is 9.81. The summed E-state index contributed by atoms with van der Waals surface area (Å²) >= 11 is 0. The van der Waals surface area contributed by atoms with Crippen LogP contribution in [0.5, 0.6) is 0 Å². The van der Waals surface area contributed by atoms with Crippen LogP contribution in [-0.4, -0.2) is 35.6 Å². The van der Waals surface area contributed by atoms with Crippen LogP contribution < -0.4 is 10.6 Å². The molecule has 0 aliphatic carbocycles. The number of hydrogen-bond donors (Lipinski definition) is 3. The fraction of sp³-hybridized carbons (Fsp3) is 0.833. The van der Waals surface area contributed by atoms with E-state index in [0.29, 0.717) is 25.9 Å². The van der Waals surface area contributed by atoms with E-state index in [1.807, 2.05) is 20.8 Å². The quantitative estimate of drug-likeness (QED) is 0.624. The van der Waals surface area contributed by atoms with E-state index in [4.69, 9.17) is 5.11 Å². The molecule has 5 heteroatoms. The normalized spacial score (nSPS) is 13.2. The number of carbonyl (C=O) groups excluding carboxylic acids is 1. The topological polar surface area (TPSA) is 78.4 Å². The molecule has 0 spiro atoms. The lowest BCUT2D eigenvalue weighted by molar-refractivity contribution is -0.141. The van der Waals surface area contributed by atoms with Crippen LogP contribution in [0.4, 0.5) is 0 Å². The molecule has 100 valence electrons. The maximum absolute atomic E-state index is 11.4. The lowest BCUT2D eigenvalue weighted by Crippen LogP contribution is -2.38.